The molecule has 8 bridgehead atoms. The van der Waals surface area contributed by atoms with Gasteiger partial charge >= 0.3 is 41.8 Å². The van der Waals surface area contributed by atoms with E-state index in [1.165, 1.54) is 116 Å². The Labute approximate surface area is 819 Å². The Hall–Kier alpha value is -7.36. The Morgan fingerprint density at radius 2 is 0.831 bits per heavy atom. The van der Waals surface area contributed by atoms with Gasteiger partial charge in [-0.05, 0) is 128 Å². The molecule has 4 N–H and O–H groups in total. The molecule has 0 aliphatic carbocycles. The third-order valence-corrected chi connectivity index (χ3v) is 29.9. The number of rotatable bonds is 73. The maximum atomic E-state index is 16.8. The minimum Gasteiger partial charge on any atom is -0.466 e. The predicted molar refractivity (Wildman–Crippen MR) is 538 cm³/mol. The van der Waals surface area contributed by atoms with Crippen LogP contribution in [0, 0.1) is 45.3 Å². The molecule has 5 heterocycles. The van der Waals surface area contributed by atoms with Gasteiger partial charge in [-0.2, -0.15) is 8.42 Å². The summed E-state index contributed by atoms with van der Waals surface area (Å²) in [6.07, 6.45) is 33.8. The van der Waals surface area contributed by atoms with E-state index in [0.717, 1.165) is 51.4 Å². The highest BCUT2D eigenvalue weighted by Gasteiger charge is 2.67. The van der Waals surface area contributed by atoms with Crippen molar-refractivity contribution in [2.24, 2.45) is 60.3 Å². The molecule has 1 saturated heterocycles. The average Bonchev–Trinajstić information content (AvgIpc) is 1.52. The molecule has 27 nitrogen and oxygen atoms in total. The first-order valence-corrected chi connectivity index (χ1v) is 55.3. The van der Waals surface area contributed by atoms with Crippen LogP contribution in [0.25, 0.3) is 0 Å². The van der Waals surface area contributed by atoms with E-state index < -0.39 is 145 Å². The number of aliphatic imine (C=N–C) groups is 3. The zero-order valence-corrected chi connectivity index (χ0v) is 88.3. The van der Waals surface area contributed by atoms with Gasteiger partial charge in [-0.3, -0.25) is 67.5 Å². The van der Waals surface area contributed by atoms with Crippen molar-refractivity contribution >= 4 is 86.8 Å². The number of fused-ring (bicyclic) bond motifs is 6. The largest absolute Gasteiger partial charge is 0.466 e. The Morgan fingerprint density at radius 1 is 0.434 bits per heavy atom. The molecular formula is C108H183N7O20S. The molecule has 0 radical (unpaired) electrons. The number of esters is 7. The van der Waals surface area contributed by atoms with Crippen molar-refractivity contribution in [2.75, 3.05) is 65.1 Å². The zero-order valence-electron chi connectivity index (χ0n) is 87.5. The maximum Gasteiger partial charge on any atom is 0.306 e. The first kappa shape index (κ1) is 119. The molecule has 10 atom stereocenters. The van der Waals surface area contributed by atoms with E-state index in [2.05, 4.69) is 29.8 Å². The van der Waals surface area contributed by atoms with Crippen LogP contribution in [0.2, 0.25) is 0 Å². The van der Waals surface area contributed by atoms with Gasteiger partial charge in [0.2, 0.25) is 17.7 Å². The summed E-state index contributed by atoms with van der Waals surface area (Å²) < 4.78 is 75.4. The molecule has 0 unspecified atom stereocenters. The quantitative estimate of drug-likeness (QED) is 0.0190. The summed E-state index contributed by atoms with van der Waals surface area (Å²) in [5, 5.41) is 10.4. The SMILES string of the molecule is CCCCCCCCCCCCCCCCN(CCCCCCCCCCCCCCCC)C(=O)[C@H](CC(=O)N/C1=C2/NC(=C(C)C3=N[C@@](C)([C@@H]4N=C(/C(C)=C5N=C1C(C)(C)[C@@H]\5CCC(=O)OCCC)[C@](C)(CCC(=O)OCCC)[C@H]4CC(=O)OCCC)[C@@](C)(CC(=O)OCCC)[C@@H]3CCC(=O)OCCC)[C@@](C)(CC(=O)OCCC)[C@@H]2CCC(=O)OCCC)NC(=O)CCCCCS(=O)(=O)O. The van der Waals surface area contributed by atoms with Crippen molar-refractivity contribution in [3.63, 3.8) is 0 Å². The van der Waals surface area contributed by atoms with E-state index in [-0.39, 0.29) is 154 Å². The van der Waals surface area contributed by atoms with Crippen LogP contribution < -0.4 is 16.0 Å². The van der Waals surface area contributed by atoms with Crippen molar-refractivity contribution in [1.29, 1.82) is 0 Å². The predicted octanol–water partition coefficient (Wildman–Crippen LogP) is 22.6. The smallest absolute Gasteiger partial charge is 0.306 e. The number of hydrogen-bond acceptors (Lipinski definition) is 23. The molecule has 0 saturated carbocycles. The number of nitrogens with zero attached hydrogens (tertiary/aromatic N) is 4. The van der Waals surface area contributed by atoms with Gasteiger partial charge in [0, 0.05) is 119 Å². The third kappa shape index (κ3) is 37.6. The topological polar surface area (TPSA) is 366 Å². The van der Waals surface area contributed by atoms with Crippen LogP contribution in [0.3, 0.4) is 0 Å². The molecular weight excluding hydrogens is 1750 g/mol. The summed E-state index contributed by atoms with van der Waals surface area (Å²) in [7, 11) is -4.30. The van der Waals surface area contributed by atoms with E-state index in [0.29, 0.717) is 111 Å². The summed E-state index contributed by atoms with van der Waals surface area (Å²) >= 11 is 0. The maximum absolute atomic E-state index is 16.8. The van der Waals surface area contributed by atoms with Crippen LogP contribution in [0.15, 0.2) is 48.9 Å². The Balaban J connectivity index is 1.99. The molecule has 0 aromatic rings. The third-order valence-electron chi connectivity index (χ3n) is 29.1. The first-order chi connectivity index (χ1) is 65.0. The lowest BCUT2D eigenvalue weighted by molar-refractivity contribution is -0.150. The summed E-state index contributed by atoms with van der Waals surface area (Å²) in [5.74, 6) is -9.55. The molecule has 136 heavy (non-hydrogen) atoms. The van der Waals surface area contributed by atoms with E-state index >= 15 is 24.0 Å². The molecule has 1 fully saturated rings. The number of unbranched alkanes of at least 4 members (excludes halogenated alkanes) is 28. The number of hydrogen-bond donors (Lipinski definition) is 4. The van der Waals surface area contributed by atoms with Crippen LogP contribution >= 0.6 is 0 Å². The van der Waals surface area contributed by atoms with E-state index in [9.17, 15) is 36.9 Å². The zero-order chi connectivity index (χ0) is 100. The van der Waals surface area contributed by atoms with Gasteiger partial charge in [-0.15, -0.1) is 0 Å². The highest BCUT2D eigenvalue weighted by Crippen LogP contribution is 2.63. The Kier molecular flexibility index (Phi) is 54.9. The lowest BCUT2D eigenvalue weighted by Crippen LogP contribution is -2.55. The van der Waals surface area contributed by atoms with Crippen LogP contribution in [0.5, 0.6) is 0 Å². The van der Waals surface area contributed by atoms with Crippen molar-refractivity contribution in [1.82, 2.24) is 20.9 Å². The average molecular weight is 1930 g/mol. The molecule has 5 aliphatic rings. The van der Waals surface area contributed by atoms with Gasteiger partial charge in [0.25, 0.3) is 10.1 Å². The lowest BCUT2D eigenvalue weighted by atomic mass is 9.55. The van der Waals surface area contributed by atoms with E-state index in [1.807, 2.05) is 104 Å². The standard InChI is InChI=1S/C108H183N7O20S/c1-18-27-29-31-33-35-37-39-41-43-45-47-49-53-65-115(66-54-50-48-46-44-42-40-38-36-34-32-30-28-19-2)103(125)85(109-86(116)56-52-51-55-74-136(126,127)128)76-87(117)110-98-97-82(58-61-89(119)130-68-21-4)106(15,77-93(123)134-72-25-8)100(112-97)80(11)96-83(59-62-90(120)131-69-22-5)107(16,78-94(124)135-73-26-9)108(17,114-96)101-84(75-92(122)133-71-24-7)105(14,64-63-91(121)132-70-23-6)99(113-101)79(10)95-81(104(12,13)102(98)111-95)57-60-88(118)129-67-20-3/h81-85,101,112H,18-78H2,1-17H3,(H,109,116)(H,110,117)(H,126,127,128)/b95-79-,98-97+,100-80?/t81-,82-,83-,84+,85+,101-,105-,106+,107+,108+/m1/s1. The van der Waals surface area contributed by atoms with Gasteiger partial charge in [0.15, 0.2) is 0 Å². The van der Waals surface area contributed by atoms with Gasteiger partial charge in [-0.1, -0.05) is 270 Å². The number of allylic oxidation sites excluding steroid dienone is 6. The fourth-order valence-electron chi connectivity index (χ4n) is 21.1. The second kappa shape index (κ2) is 62.7. The number of carbonyl (C=O) groups is 10. The summed E-state index contributed by atoms with van der Waals surface area (Å²) in [5.41, 5.74) is -3.77. The molecule has 0 aromatic heterocycles. The van der Waals surface area contributed by atoms with Crippen molar-refractivity contribution in [3.8, 4) is 0 Å². The van der Waals surface area contributed by atoms with Crippen molar-refractivity contribution < 1.29 is 94.1 Å². The molecule has 0 spiro atoms. The molecule has 5 aliphatic heterocycles. The van der Waals surface area contributed by atoms with Gasteiger partial charge in [-0.25, -0.2) is 0 Å². The highest BCUT2D eigenvalue weighted by molar-refractivity contribution is 7.85. The summed E-state index contributed by atoms with van der Waals surface area (Å²) in [6.45, 7) is 34.7. The van der Waals surface area contributed by atoms with Crippen LogP contribution in [0.4, 0.5) is 0 Å². The lowest BCUT2D eigenvalue weighted by Gasteiger charge is -2.48. The van der Waals surface area contributed by atoms with E-state index in [4.69, 9.17) is 48.1 Å². The van der Waals surface area contributed by atoms with Gasteiger partial charge in [0.05, 0.1) is 101 Å². The molecule has 0 aromatic carbocycles. The minimum absolute atomic E-state index is 0.0371. The Morgan fingerprint density at radius 3 is 1.27 bits per heavy atom. The fourth-order valence-corrected chi connectivity index (χ4v) is 21.7. The molecule has 5 rings (SSSR count). The normalized spacial score (nSPS) is 22.9. The number of nitrogens with one attached hydrogen (secondary N) is 3. The van der Waals surface area contributed by atoms with E-state index in [1.54, 1.807) is 4.90 Å². The molecule has 3 amide bonds. The number of ether oxygens (including phenoxy) is 7. The summed E-state index contributed by atoms with van der Waals surface area (Å²) in [4.78, 5) is 171. The second-order valence-electron chi connectivity index (χ2n) is 40.9. The highest BCUT2D eigenvalue weighted by atomic mass is 32.2. The van der Waals surface area contributed by atoms with Crippen LogP contribution in [-0.4, -0.2) is 177 Å². The molecule has 28 heteroatoms. The fraction of sp³-hybridized carbons (Fsp3) is 0.824. The van der Waals surface area contributed by atoms with Crippen LogP contribution in [0.1, 0.15) is 445 Å². The van der Waals surface area contributed by atoms with Crippen molar-refractivity contribution in [2.45, 2.75) is 463 Å². The number of amides is 3. The first-order valence-electron chi connectivity index (χ1n) is 53.6. The van der Waals surface area contributed by atoms with Gasteiger partial charge in [0.1, 0.15) is 6.04 Å². The molecule has 776 valence electrons. The monoisotopic (exact) mass is 1930 g/mol. The van der Waals surface area contributed by atoms with Gasteiger partial charge < -0.3 is 54.0 Å². The second-order valence-corrected chi connectivity index (χ2v) is 42.5. The Bertz CT molecular complexity index is 4040. The summed E-state index contributed by atoms with van der Waals surface area (Å²) in [6, 6.07) is -2.56. The number of carbonyl (C=O) groups excluding carboxylic acids is 10. The minimum atomic E-state index is -4.30. The van der Waals surface area contributed by atoms with Crippen molar-refractivity contribution in [3.05, 3.63) is 33.9 Å². The van der Waals surface area contributed by atoms with Crippen LogP contribution in [-0.2, 0) is 91.2 Å².